The van der Waals surface area contributed by atoms with E-state index in [0.29, 0.717) is 5.92 Å². The SMILES string of the molecule is CC(C)(C)OC(=O)C(C)(C)C(N)C1CC1. The Kier molecular flexibility index (Phi) is 3.15. The van der Waals surface area contributed by atoms with E-state index in [0.717, 1.165) is 12.8 Å². The van der Waals surface area contributed by atoms with Crippen LogP contribution in [0.4, 0.5) is 0 Å². The van der Waals surface area contributed by atoms with Crippen molar-refractivity contribution >= 4 is 5.97 Å². The summed E-state index contributed by atoms with van der Waals surface area (Å²) in [7, 11) is 0. The fourth-order valence-electron chi connectivity index (χ4n) is 1.59. The van der Waals surface area contributed by atoms with Crippen LogP contribution in [0.15, 0.2) is 0 Å². The Labute approximate surface area is 92.4 Å². The molecule has 88 valence electrons. The number of ether oxygens (including phenoxy) is 1. The second kappa shape index (κ2) is 3.78. The van der Waals surface area contributed by atoms with E-state index in [1.165, 1.54) is 0 Å². The normalized spacial score (nSPS) is 19.9. The summed E-state index contributed by atoms with van der Waals surface area (Å²) < 4.78 is 5.38. The molecule has 1 unspecified atom stereocenters. The van der Waals surface area contributed by atoms with Crippen molar-refractivity contribution in [2.75, 3.05) is 0 Å². The zero-order valence-corrected chi connectivity index (χ0v) is 10.5. The van der Waals surface area contributed by atoms with Gasteiger partial charge in [-0.15, -0.1) is 0 Å². The number of hydrogen-bond donors (Lipinski definition) is 1. The van der Waals surface area contributed by atoms with Crippen LogP contribution in [-0.4, -0.2) is 17.6 Å². The zero-order chi connectivity index (χ0) is 11.9. The van der Waals surface area contributed by atoms with Crippen molar-refractivity contribution in [1.29, 1.82) is 0 Å². The molecule has 0 aliphatic heterocycles. The molecule has 0 aromatic rings. The molecule has 0 aromatic carbocycles. The van der Waals surface area contributed by atoms with Crippen LogP contribution < -0.4 is 5.73 Å². The highest BCUT2D eigenvalue weighted by Gasteiger charge is 2.45. The van der Waals surface area contributed by atoms with Gasteiger partial charge < -0.3 is 10.5 Å². The number of rotatable bonds is 3. The fraction of sp³-hybridized carbons (Fsp3) is 0.917. The van der Waals surface area contributed by atoms with Gasteiger partial charge in [-0.2, -0.15) is 0 Å². The molecule has 15 heavy (non-hydrogen) atoms. The molecular formula is C12H23NO2. The topological polar surface area (TPSA) is 52.3 Å². The molecule has 3 nitrogen and oxygen atoms in total. The third kappa shape index (κ3) is 3.20. The summed E-state index contributed by atoms with van der Waals surface area (Å²) in [6.07, 6.45) is 2.29. The highest BCUT2D eigenvalue weighted by molar-refractivity contribution is 5.77. The van der Waals surface area contributed by atoms with Crippen LogP contribution in [-0.2, 0) is 9.53 Å². The Morgan fingerprint density at radius 3 is 2.07 bits per heavy atom. The zero-order valence-electron chi connectivity index (χ0n) is 10.5. The summed E-state index contributed by atoms with van der Waals surface area (Å²) in [5, 5.41) is 0. The van der Waals surface area contributed by atoms with Gasteiger partial charge in [0.25, 0.3) is 0 Å². The van der Waals surface area contributed by atoms with Gasteiger partial charge in [0, 0.05) is 6.04 Å². The molecule has 0 spiro atoms. The highest BCUT2D eigenvalue weighted by Crippen LogP contribution is 2.40. The number of hydrogen-bond acceptors (Lipinski definition) is 3. The first-order chi connectivity index (χ1) is 6.64. The molecule has 0 bridgehead atoms. The lowest BCUT2D eigenvalue weighted by atomic mass is 9.82. The molecule has 1 aliphatic carbocycles. The first-order valence-electron chi connectivity index (χ1n) is 5.63. The molecular weight excluding hydrogens is 190 g/mol. The lowest BCUT2D eigenvalue weighted by Crippen LogP contribution is -2.47. The quantitative estimate of drug-likeness (QED) is 0.730. The predicted molar refractivity (Wildman–Crippen MR) is 60.3 cm³/mol. The van der Waals surface area contributed by atoms with Crippen LogP contribution in [0.25, 0.3) is 0 Å². The Balaban J connectivity index is 2.63. The minimum Gasteiger partial charge on any atom is -0.460 e. The van der Waals surface area contributed by atoms with Gasteiger partial charge in [-0.05, 0) is 53.4 Å². The number of carbonyl (C=O) groups excluding carboxylic acids is 1. The molecule has 0 heterocycles. The fourth-order valence-corrected chi connectivity index (χ4v) is 1.59. The van der Waals surface area contributed by atoms with Crippen LogP contribution in [0.2, 0.25) is 0 Å². The molecule has 1 fully saturated rings. The lowest BCUT2D eigenvalue weighted by Gasteiger charge is -2.32. The van der Waals surface area contributed by atoms with Crippen molar-refractivity contribution in [2.24, 2.45) is 17.1 Å². The molecule has 1 rings (SSSR count). The molecule has 0 saturated heterocycles. The molecule has 0 amide bonds. The minimum atomic E-state index is -0.575. The van der Waals surface area contributed by atoms with Gasteiger partial charge in [0.05, 0.1) is 5.41 Å². The molecule has 0 aromatic heterocycles. The summed E-state index contributed by atoms with van der Waals surface area (Å²) in [5.41, 5.74) is 5.07. The Morgan fingerprint density at radius 2 is 1.73 bits per heavy atom. The summed E-state index contributed by atoms with van der Waals surface area (Å²) in [5.74, 6) is 0.321. The number of esters is 1. The summed E-state index contributed by atoms with van der Waals surface area (Å²) in [6, 6.07) is -0.0765. The van der Waals surface area contributed by atoms with Gasteiger partial charge in [-0.1, -0.05) is 0 Å². The molecule has 1 aliphatic rings. The van der Waals surface area contributed by atoms with Crippen LogP contribution in [0.1, 0.15) is 47.5 Å². The summed E-state index contributed by atoms with van der Waals surface area (Å²) in [6.45, 7) is 9.39. The summed E-state index contributed by atoms with van der Waals surface area (Å²) in [4.78, 5) is 12.0. The average Bonchev–Trinajstić information content (AvgIpc) is 2.81. The molecule has 2 N–H and O–H groups in total. The molecule has 3 heteroatoms. The largest absolute Gasteiger partial charge is 0.460 e. The third-order valence-corrected chi connectivity index (χ3v) is 2.89. The molecule has 0 radical (unpaired) electrons. The van der Waals surface area contributed by atoms with Gasteiger partial charge in [0.15, 0.2) is 0 Å². The first kappa shape index (κ1) is 12.5. The maximum Gasteiger partial charge on any atom is 0.313 e. The van der Waals surface area contributed by atoms with E-state index in [1.54, 1.807) is 0 Å². The van der Waals surface area contributed by atoms with Crippen molar-refractivity contribution in [3.8, 4) is 0 Å². The average molecular weight is 213 g/mol. The Hall–Kier alpha value is -0.570. The van der Waals surface area contributed by atoms with Gasteiger partial charge in [-0.3, -0.25) is 4.79 Å². The second-order valence-electron chi connectivity index (χ2n) is 6.09. The Morgan fingerprint density at radius 1 is 1.27 bits per heavy atom. The van der Waals surface area contributed by atoms with E-state index >= 15 is 0 Å². The smallest absolute Gasteiger partial charge is 0.313 e. The van der Waals surface area contributed by atoms with E-state index in [4.69, 9.17) is 10.5 Å². The first-order valence-corrected chi connectivity index (χ1v) is 5.63. The van der Waals surface area contributed by atoms with Crippen LogP contribution in [0.5, 0.6) is 0 Å². The van der Waals surface area contributed by atoms with Crippen molar-refractivity contribution in [2.45, 2.75) is 59.1 Å². The third-order valence-electron chi connectivity index (χ3n) is 2.89. The maximum absolute atomic E-state index is 12.0. The monoisotopic (exact) mass is 213 g/mol. The van der Waals surface area contributed by atoms with Crippen LogP contribution in [0, 0.1) is 11.3 Å². The highest BCUT2D eigenvalue weighted by atomic mass is 16.6. The standard InChI is InChI=1S/C12H23NO2/c1-11(2,3)15-10(14)12(4,5)9(13)8-6-7-8/h8-9H,6-7,13H2,1-5H3. The second-order valence-corrected chi connectivity index (χ2v) is 6.09. The predicted octanol–water partition coefficient (Wildman–Crippen LogP) is 2.09. The maximum atomic E-state index is 12.0. The van der Waals surface area contributed by atoms with E-state index in [9.17, 15) is 4.79 Å². The minimum absolute atomic E-state index is 0.0765. The van der Waals surface area contributed by atoms with Gasteiger partial charge in [-0.25, -0.2) is 0 Å². The van der Waals surface area contributed by atoms with E-state index in [2.05, 4.69) is 0 Å². The Bertz CT molecular complexity index is 249. The van der Waals surface area contributed by atoms with Gasteiger partial charge in [0.1, 0.15) is 5.60 Å². The van der Waals surface area contributed by atoms with Gasteiger partial charge in [0.2, 0.25) is 0 Å². The molecule has 1 saturated carbocycles. The number of carbonyl (C=O) groups is 1. The van der Waals surface area contributed by atoms with Crippen molar-refractivity contribution < 1.29 is 9.53 Å². The molecule has 1 atom stereocenters. The van der Waals surface area contributed by atoms with Crippen molar-refractivity contribution in [3.05, 3.63) is 0 Å². The summed E-state index contributed by atoms with van der Waals surface area (Å²) >= 11 is 0. The van der Waals surface area contributed by atoms with Gasteiger partial charge >= 0.3 is 5.97 Å². The van der Waals surface area contributed by atoms with Crippen LogP contribution >= 0.6 is 0 Å². The van der Waals surface area contributed by atoms with E-state index < -0.39 is 11.0 Å². The van der Waals surface area contributed by atoms with E-state index in [-0.39, 0.29) is 12.0 Å². The van der Waals surface area contributed by atoms with Crippen molar-refractivity contribution in [1.82, 2.24) is 0 Å². The van der Waals surface area contributed by atoms with Crippen LogP contribution in [0.3, 0.4) is 0 Å². The lowest BCUT2D eigenvalue weighted by molar-refractivity contribution is -0.167. The van der Waals surface area contributed by atoms with E-state index in [1.807, 2.05) is 34.6 Å². The van der Waals surface area contributed by atoms with Crippen molar-refractivity contribution in [3.63, 3.8) is 0 Å². The number of nitrogens with two attached hydrogens (primary N) is 1.